The largest absolute Gasteiger partial charge is 0.493 e. The zero-order valence-corrected chi connectivity index (χ0v) is 11.8. The van der Waals surface area contributed by atoms with Crippen LogP contribution in [0.15, 0.2) is 24.3 Å². The van der Waals surface area contributed by atoms with Crippen LogP contribution in [-0.2, 0) is 0 Å². The van der Waals surface area contributed by atoms with Crippen molar-refractivity contribution in [2.45, 2.75) is 39.0 Å². The summed E-state index contributed by atoms with van der Waals surface area (Å²) in [5.41, 5.74) is 1.77. The number of hydrogen-bond donors (Lipinski definition) is 1. The molecule has 1 aromatic carbocycles. The first kappa shape index (κ1) is 13.4. The van der Waals surface area contributed by atoms with Crippen LogP contribution in [0.5, 0.6) is 5.75 Å². The summed E-state index contributed by atoms with van der Waals surface area (Å²) in [6.45, 7) is 6.60. The van der Waals surface area contributed by atoms with Gasteiger partial charge in [-0.1, -0.05) is 38.5 Å². The normalized spacial score (nSPS) is 21.2. The average molecular weight is 247 g/mol. The molecule has 2 unspecified atom stereocenters. The molecule has 0 aromatic heterocycles. The molecule has 1 N–H and O–H groups in total. The minimum Gasteiger partial charge on any atom is -0.493 e. The molecule has 1 aromatic rings. The number of hydrogen-bond acceptors (Lipinski definition) is 2. The molecule has 0 bridgehead atoms. The van der Waals surface area contributed by atoms with Crippen LogP contribution in [0.2, 0.25) is 0 Å². The lowest BCUT2D eigenvalue weighted by atomic mass is 9.76. The Bertz CT molecular complexity index is 382. The summed E-state index contributed by atoms with van der Waals surface area (Å²) in [4.78, 5) is 0. The molecule has 100 valence electrons. The molecule has 18 heavy (non-hydrogen) atoms. The number of para-hydroxylation sites is 1. The molecule has 0 spiro atoms. The van der Waals surface area contributed by atoms with Crippen LogP contribution in [0.1, 0.15) is 44.6 Å². The van der Waals surface area contributed by atoms with E-state index in [-0.39, 0.29) is 0 Å². The maximum absolute atomic E-state index is 5.79. The van der Waals surface area contributed by atoms with E-state index in [0.29, 0.717) is 11.3 Å². The van der Waals surface area contributed by atoms with Crippen molar-refractivity contribution in [1.82, 2.24) is 5.32 Å². The Balaban J connectivity index is 2.09. The number of nitrogens with one attached hydrogen (secondary N) is 1. The zero-order valence-electron chi connectivity index (χ0n) is 11.8. The quantitative estimate of drug-likeness (QED) is 0.829. The van der Waals surface area contributed by atoms with Crippen LogP contribution in [0.3, 0.4) is 0 Å². The second kappa shape index (κ2) is 5.75. The van der Waals surface area contributed by atoms with Gasteiger partial charge in [0.2, 0.25) is 0 Å². The van der Waals surface area contributed by atoms with Crippen LogP contribution in [-0.4, -0.2) is 20.2 Å². The van der Waals surface area contributed by atoms with Gasteiger partial charge in [-0.15, -0.1) is 0 Å². The predicted octanol–water partition coefficient (Wildman–Crippen LogP) is 3.58. The fraction of sp³-hybridized carbons (Fsp3) is 0.625. The van der Waals surface area contributed by atoms with Crippen LogP contribution in [0.4, 0.5) is 0 Å². The lowest BCUT2D eigenvalue weighted by Crippen LogP contribution is -2.31. The van der Waals surface area contributed by atoms with Gasteiger partial charge in [0.25, 0.3) is 0 Å². The van der Waals surface area contributed by atoms with Crippen molar-refractivity contribution in [3.63, 3.8) is 0 Å². The Kier molecular flexibility index (Phi) is 4.28. The molecule has 1 aliphatic heterocycles. The minimum absolute atomic E-state index is 0.370. The molecule has 0 fully saturated rings. The first-order chi connectivity index (χ1) is 8.68. The van der Waals surface area contributed by atoms with E-state index >= 15 is 0 Å². The Morgan fingerprint density at radius 2 is 2.17 bits per heavy atom. The van der Waals surface area contributed by atoms with Gasteiger partial charge in [-0.3, -0.25) is 0 Å². The van der Waals surface area contributed by atoms with Gasteiger partial charge in [-0.2, -0.15) is 0 Å². The van der Waals surface area contributed by atoms with E-state index in [1.54, 1.807) is 0 Å². The Hall–Kier alpha value is -1.02. The molecule has 0 radical (unpaired) electrons. The molecule has 0 saturated carbocycles. The van der Waals surface area contributed by atoms with Crippen LogP contribution in [0.25, 0.3) is 0 Å². The minimum atomic E-state index is 0.370. The summed E-state index contributed by atoms with van der Waals surface area (Å²) in [5, 5.41) is 3.35. The first-order valence-electron chi connectivity index (χ1n) is 7.05. The lowest BCUT2D eigenvalue weighted by molar-refractivity contribution is 0.219. The SMILES string of the molecule is CCCC(C)(CNC)CC1COc2ccccc21. The maximum Gasteiger partial charge on any atom is 0.122 e. The van der Waals surface area contributed by atoms with Crippen molar-refractivity contribution in [3.8, 4) is 5.75 Å². The highest BCUT2D eigenvalue weighted by Crippen LogP contribution is 2.42. The summed E-state index contributed by atoms with van der Waals surface area (Å²) in [7, 11) is 2.05. The van der Waals surface area contributed by atoms with Crippen molar-refractivity contribution in [1.29, 1.82) is 0 Å². The van der Waals surface area contributed by atoms with E-state index < -0.39 is 0 Å². The molecule has 0 amide bonds. The molecule has 2 nitrogen and oxygen atoms in total. The monoisotopic (exact) mass is 247 g/mol. The van der Waals surface area contributed by atoms with Gasteiger partial charge in [0.15, 0.2) is 0 Å². The fourth-order valence-electron chi connectivity index (χ4n) is 3.29. The summed E-state index contributed by atoms with van der Waals surface area (Å²) >= 11 is 0. The average Bonchev–Trinajstić information content (AvgIpc) is 2.73. The first-order valence-corrected chi connectivity index (χ1v) is 7.05. The third kappa shape index (κ3) is 2.86. The van der Waals surface area contributed by atoms with Gasteiger partial charge in [0.05, 0.1) is 6.61 Å². The van der Waals surface area contributed by atoms with Crippen LogP contribution in [0, 0.1) is 5.41 Å². The Labute approximate surface area is 111 Å². The second-order valence-corrected chi connectivity index (χ2v) is 5.84. The van der Waals surface area contributed by atoms with E-state index in [4.69, 9.17) is 4.74 Å². The smallest absolute Gasteiger partial charge is 0.122 e. The zero-order chi connectivity index (χ0) is 13.0. The van der Waals surface area contributed by atoms with Crippen molar-refractivity contribution >= 4 is 0 Å². The number of fused-ring (bicyclic) bond motifs is 1. The Morgan fingerprint density at radius 3 is 2.89 bits per heavy atom. The third-order valence-corrected chi connectivity index (χ3v) is 4.00. The highest BCUT2D eigenvalue weighted by molar-refractivity contribution is 5.39. The van der Waals surface area contributed by atoms with E-state index in [1.165, 1.54) is 24.8 Å². The molecule has 0 saturated heterocycles. The fourth-order valence-corrected chi connectivity index (χ4v) is 3.29. The molecule has 2 heteroatoms. The summed E-state index contributed by atoms with van der Waals surface area (Å²) in [6.07, 6.45) is 3.72. The molecule has 2 atom stereocenters. The van der Waals surface area contributed by atoms with Crippen molar-refractivity contribution in [2.75, 3.05) is 20.2 Å². The van der Waals surface area contributed by atoms with E-state index in [2.05, 4.69) is 43.4 Å². The van der Waals surface area contributed by atoms with Gasteiger partial charge in [0.1, 0.15) is 5.75 Å². The van der Waals surface area contributed by atoms with Gasteiger partial charge >= 0.3 is 0 Å². The van der Waals surface area contributed by atoms with Crippen molar-refractivity contribution in [2.24, 2.45) is 5.41 Å². The van der Waals surface area contributed by atoms with Crippen LogP contribution >= 0.6 is 0 Å². The van der Waals surface area contributed by atoms with Gasteiger partial charge in [0, 0.05) is 18.0 Å². The van der Waals surface area contributed by atoms with E-state index in [9.17, 15) is 0 Å². The van der Waals surface area contributed by atoms with Gasteiger partial charge < -0.3 is 10.1 Å². The number of ether oxygens (including phenoxy) is 1. The van der Waals surface area contributed by atoms with Crippen molar-refractivity contribution in [3.05, 3.63) is 29.8 Å². The maximum atomic E-state index is 5.79. The predicted molar refractivity (Wildman–Crippen MR) is 76.2 cm³/mol. The molecule has 2 rings (SSSR count). The topological polar surface area (TPSA) is 21.3 Å². The van der Waals surface area contributed by atoms with Gasteiger partial charge in [-0.25, -0.2) is 0 Å². The second-order valence-electron chi connectivity index (χ2n) is 5.84. The molecule has 1 aliphatic rings. The third-order valence-electron chi connectivity index (χ3n) is 4.00. The standard InChI is InChI=1S/C16H25NO/c1-4-9-16(2,12-17-3)10-13-11-18-15-8-6-5-7-14(13)15/h5-8,13,17H,4,9-12H2,1-3H3. The van der Waals surface area contributed by atoms with Gasteiger partial charge in [-0.05, 0) is 31.4 Å². The summed E-state index contributed by atoms with van der Waals surface area (Å²) in [6, 6.07) is 8.49. The summed E-state index contributed by atoms with van der Waals surface area (Å²) < 4.78 is 5.79. The highest BCUT2D eigenvalue weighted by atomic mass is 16.5. The molecule has 1 heterocycles. The lowest BCUT2D eigenvalue weighted by Gasteiger charge is -2.31. The van der Waals surface area contributed by atoms with Crippen LogP contribution < -0.4 is 10.1 Å². The highest BCUT2D eigenvalue weighted by Gasteiger charge is 2.32. The summed E-state index contributed by atoms with van der Waals surface area (Å²) in [5.74, 6) is 1.65. The van der Waals surface area contributed by atoms with E-state index in [0.717, 1.165) is 18.9 Å². The number of rotatable bonds is 6. The Morgan fingerprint density at radius 1 is 1.39 bits per heavy atom. The van der Waals surface area contributed by atoms with Crippen molar-refractivity contribution < 1.29 is 4.74 Å². The number of benzene rings is 1. The van der Waals surface area contributed by atoms with E-state index in [1.807, 2.05) is 7.05 Å². The molecular weight excluding hydrogens is 222 g/mol. The molecular formula is C16H25NO. The molecule has 0 aliphatic carbocycles.